The van der Waals surface area contributed by atoms with E-state index >= 15 is 0 Å². The highest BCUT2D eigenvalue weighted by Gasteiger charge is 2.32. The molecular formula is C15H17F3N2O3. The Kier molecular flexibility index (Phi) is 5.12. The molecule has 0 saturated carbocycles. The van der Waals surface area contributed by atoms with E-state index < -0.39 is 24.7 Å². The number of hydrogen-bond acceptors (Lipinski definition) is 3. The van der Waals surface area contributed by atoms with Gasteiger partial charge in [0.2, 0.25) is 11.8 Å². The molecule has 1 atom stereocenters. The number of alkyl halides is 3. The molecule has 0 radical (unpaired) electrons. The average Bonchev–Trinajstić information content (AvgIpc) is 2.95. The average molecular weight is 330 g/mol. The van der Waals surface area contributed by atoms with Crippen molar-refractivity contribution in [1.29, 1.82) is 0 Å². The van der Waals surface area contributed by atoms with Crippen LogP contribution in [0.15, 0.2) is 24.3 Å². The molecule has 5 nitrogen and oxygen atoms in total. The fourth-order valence-corrected chi connectivity index (χ4v) is 2.51. The monoisotopic (exact) mass is 330 g/mol. The van der Waals surface area contributed by atoms with Crippen molar-refractivity contribution in [2.45, 2.75) is 31.5 Å². The SMILES string of the molecule is NC(=O)C1CCCN1C(=O)Cc1ccc(OCC(F)(F)F)cc1. The smallest absolute Gasteiger partial charge is 0.422 e. The zero-order valence-electron chi connectivity index (χ0n) is 12.3. The lowest BCUT2D eigenvalue weighted by Gasteiger charge is -2.22. The van der Waals surface area contributed by atoms with Crippen LogP contribution in [-0.2, 0) is 16.0 Å². The summed E-state index contributed by atoms with van der Waals surface area (Å²) in [5, 5.41) is 0. The largest absolute Gasteiger partial charge is 0.484 e. The molecule has 126 valence electrons. The van der Waals surface area contributed by atoms with Crippen molar-refractivity contribution < 1.29 is 27.5 Å². The number of nitrogens with two attached hydrogens (primary N) is 1. The van der Waals surface area contributed by atoms with Crippen molar-refractivity contribution in [3.8, 4) is 5.75 Å². The predicted molar refractivity (Wildman–Crippen MR) is 75.6 cm³/mol. The Morgan fingerprint density at radius 2 is 1.91 bits per heavy atom. The maximum Gasteiger partial charge on any atom is 0.422 e. The van der Waals surface area contributed by atoms with E-state index in [0.29, 0.717) is 18.5 Å². The molecule has 1 aliphatic rings. The molecule has 1 heterocycles. The number of benzene rings is 1. The lowest BCUT2D eigenvalue weighted by Crippen LogP contribution is -2.44. The minimum Gasteiger partial charge on any atom is -0.484 e. The van der Waals surface area contributed by atoms with Gasteiger partial charge in [0.1, 0.15) is 11.8 Å². The first-order valence-corrected chi connectivity index (χ1v) is 7.13. The molecule has 0 aromatic heterocycles. The first-order chi connectivity index (χ1) is 10.8. The Balaban J connectivity index is 1.93. The molecule has 2 rings (SSSR count). The number of ether oxygens (including phenoxy) is 1. The Bertz CT molecular complexity index is 572. The van der Waals surface area contributed by atoms with Crippen molar-refractivity contribution in [2.75, 3.05) is 13.2 Å². The van der Waals surface area contributed by atoms with E-state index in [2.05, 4.69) is 4.74 Å². The van der Waals surface area contributed by atoms with E-state index in [-0.39, 0.29) is 18.1 Å². The molecule has 1 aliphatic heterocycles. The molecule has 0 spiro atoms. The second kappa shape index (κ2) is 6.89. The molecule has 8 heteroatoms. The summed E-state index contributed by atoms with van der Waals surface area (Å²) in [7, 11) is 0. The zero-order valence-corrected chi connectivity index (χ0v) is 12.3. The normalized spacial score (nSPS) is 18.0. The second-order valence-electron chi connectivity index (χ2n) is 5.37. The molecule has 2 amide bonds. The first kappa shape index (κ1) is 17.1. The van der Waals surface area contributed by atoms with E-state index in [4.69, 9.17) is 5.73 Å². The van der Waals surface area contributed by atoms with Crippen molar-refractivity contribution in [1.82, 2.24) is 4.90 Å². The van der Waals surface area contributed by atoms with Crippen LogP contribution in [0.5, 0.6) is 5.75 Å². The van der Waals surface area contributed by atoms with E-state index in [1.54, 1.807) is 0 Å². The molecule has 1 aromatic carbocycles. The number of hydrogen-bond donors (Lipinski definition) is 1. The van der Waals surface area contributed by atoms with Gasteiger partial charge in [0.05, 0.1) is 6.42 Å². The molecule has 1 aromatic rings. The molecule has 0 aliphatic carbocycles. The van der Waals surface area contributed by atoms with Gasteiger partial charge in [0, 0.05) is 6.54 Å². The molecule has 1 saturated heterocycles. The van der Waals surface area contributed by atoms with Crippen molar-refractivity contribution in [3.63, 3.8) is 0 Å². The van der Waals surface area contributed by atoms with Crippen LogP contribution in [-0.4, -0.2) is 42.1 Å². The first-order valence-electron chi connectivity index (χ1n) is 7.13. The van der Waals surface area contributed by atoms with Gasteiger partial charge in [-0.15, -0.1) is 0 Å². The summed E-state index contributed by atoms with van der Waals surface area (Å²) in [4.78, 5) is 25.0. The zero-order chi connectivity index (χ0) is 17.0. The van der Waals surface area contributed by atoms with Crippen LogP contribution in [0.3, 0.4) is 0 Å². The number of halogens is 3. The van der Waals surface area contributed by atoms with Gasteiger partial charge in [-0.3, -0.25) is 9.59 Å². The maximum atomic E-state index is 12.2. The van der Waals surface area contributed by atoms with E-state index in [9.17, 15) is 22.8 Å². The standard InChI is InChI=1S/C15H17F3N2O3/c16-15(17,18)9-23-11-5-3-10(4-6-11)8-13(21)20-7-1-2-12(20)14(19)22/h3-6,12H,1-2,7-9H2,(H2,19,22). The Labute approximate surface area is 131 Å². The summed E-state index contributed by atoms with van der Waals surface area (Å²) >= 11 is 0. The van der Waals surface area contributed by atoms with Crippen molar-refractivity contribution >= 4 is 11.8 Å². The van der Waals surface area contributed by atoms with E-state index in [0.717, 1.165) is 6.42 Å². The fraction of sp³-hybridized carbons (Fsp3) is 0.467. The number of amides is 2. The highest BCUT2D eigenvalue weighted by molar-refractivity contribution is 5.88. The topological polar surface area (TPSA) is 72.6 Å². The van der Waals surface area contributed by atoms with Crippen LogP contribution in [0.25, 0.3) is 0 Å². The van der Waals surface area contributed by atoms with Crippen LogP contribution in [0.2, 0.25) is 0 Å². The van der Waals surface area contributed by atoms with Gasteiger partial charge in [-0.05, 0) is 30.5 Å². The van der Waals surface area contributed by atoms with Gasteiger partial charge in [0.25, 0.3) is 0 Å². The highest BCUT2D eigenvalue weighted by atomic mass is 19.4. The highest BCUT2D eigenvalue weighted by Crippen LogP contribution is 2.21. The third-order valence-electron chi connectivity index (χ3n) is 3.58. The third kappa shape index (κ3) is 4.87. The number of primary amides is 1. The molecule has 23 heavy (non-hydrogen) atoms. The van der Waals surface area contributed by atoms with E-state index in [1.165, 1.54) is 29.2 Å². The number of carbonyl (C=O) groups excluding carboxylic acids is 2. The van der Waals surface area contributed by atoms with Gasteiger partial charge in [0.15, 0.2) is 6.61 Å². The Hall–Kier alpha value is -2.25. The quantitative estimate of drug-likeness (QED) is 0.892. The maximum absolute atomic E-state index is 12.2. The summed E-state index contributed by atoms with van der Waals surface area (Å²) in [6.45, 7) is -0.876. The van der Waals surface area contributed by atoms with Crippen LogP contribution >= 0.6 is 0 Å². The summed E-state index contributed by atoms with van der Waals surface area (Å²) in [6, 6.07) is 5.24. The third-order valence-corrected chi connectivity index (χ3v) is 3.58. The molecule has 0 bridgehead atoms. The summed E-state index contributed by atoms with van der Waals surface area (Å²) in [6.07, 6.45) is -3.05. The van der Waals surface area contributed by atoms with Gasteiger partial charge in [-0.1, -0.05) is 12.1 Å². The number of nitrogens with zero attached hydrogens (tertiary/aromatic N) is 1. The number of carbonyl (C=O) groups is 2. The second-order valence-corrected chi connectivity index (χ2v) is 5.37. The molecule has 1 unspecified atom stereocenters. The number of likely N-dealkylation sites (tertiary alicyclic amines) is 1. The minimum atomic E-state index is -4.39. The molecule has 2 N–H and O–H groups in total. The van der Waals surface area contributed by atoms with Gasteiger partial charge < -0.3 is 15.4 Å². The lowest BCUT2D eigenvalue weighted by molar-refractivity contribution is -0.153. The van der Waals surface area contributed by atoms with Gasteiger partial charge in [-0.2, -0.15) is 13.2 Å². The van der Waals surface area contributed by atoms with Crippen LogP contribution in [0, 0.1) is 0 Å². The predicted octanol–water partition coefficient (Wildman–Crippen LogP) is 1.65. The van der Waals surface area contributed by atoms with Crippen LogP contribution < -0.4 is 10.5 Å². The number of rotatable bonds is 5. The summed E-state index contributed by atoms with van der Waals surface area (Å²) in [5.41, 5.74) is 5.90. The summed E-state index contributed by atoms with van der Waals surface area (Å²) in [5.74, 6) is -0.670. The Morgan fingerprint density at radius 3 is 2.48 bits per heavy atom. The molecular weight excluding hydrogens is 313 g/mol. The van der Waals surface area contributed by atoms with Gasteiger partial charge >= 0.3 is 6.18 Å². The lowest BCUT2D eigenvalue weighted by atomic mass is 10.1. The van der Waals surface area contributed by atoms with Crippen molar-refractivity contribution in [2.24, 2.45) is 5.73 Å². The Morgan fingerprint density at radius 1 is 1.26 bits per heavy atom. The van der Waals surface area contributed by atoms with Crippen LogP contribution in [0.4, 0.5) is 13.2 Å². The van der Waals surface area contributed by atoms with Gasteiger partial charge in [-0.25, -0.2) is 0 Å². The summed E-state index contributed by atoms with van der Waals surface area (Å²) < 4.78 is 40.8. The van der Waals surface area contributed by atoms with E-state index in [1.807, 2.05) is 0 Å². The molecule has 1 fully saturated rings. The minimum absolute atomic E-state index is 0.0589. The van der Waals surface area contributed by atoms with Crippen molar-refractivity contribution in [3.05, 3.63) is 29.8 Å². The van der Waals surface area contributed by atoms with Crippen LogP contribution in [0.1, 0.15) is 18.4 Å². The fourth-order valence-electron chi connectivity index (χ4n) is 2.51.